The molecular formula is C21H18F4N6O. The number of benzene rings is 1. The van der Waals surface area contributed by atoms with Gasteiger partial charge in [0.2, 0.25) is 0 Å². The van der Waals surface area contributed by atoms with Gasteiger partial charge < -0.3 is 16.0 Å². The monoisotopic (exact) mass is 446 g/mol. The van der Waals surface area contributed by atoms with Crippen LogP contribution in [-0.2, 0) is 11.0 Å². The Kier molecular flexibility index (Phi) is 6.19. The van der Waals surface area contributed by atoms with Gasteiger partial charge in [-0.25, -0.2) is 19.3 Å². The van der Waals surface area contributed by atoms with Crippen molar-refractivity contribution in [2.75, 3.05) is 12.4 Å². The SMILES string of the molecule is CN/C(=C\C=N)C(=O)Nc1ccc(-c2ncc3nc(C(F)(F)F)cc(C)c3n2)c(F)c1C. The van der Waals surface area contributed by atoms with Gasteiger partial charge in [-0.2, -0.15) is 13.2 Å². The first-order chi connectivity index (χ1) is 15.1. The van der Waals surface area contributed by atoms with Crippen LogP contribution in [0.25, 0.3) is 22.4 Å². The fourth-order valence-electron chi connectivity index (χ4n) is 3.00. The van der Waals surface area contributed by atoms with Crippen LogP contribution in [0, 0.1) is 25.1 Å². The van der Waals surface area contributed by atoms with E-state index in [1.807, 2.05) is 0 Å². The van der Waals surface area contributed by atoms with Gasteiger partial charge in [0.1, 0.15) is 22.7 Å². The summed E-state index contributed by atoms with van der Waals surface area (Å²) in [4.78, 5) is 24.0. The van der Waals surface area contributed by atoms with Gasteiger partial charge in [-0.05, 0) is 43.7 Å². The third-order valence-electron chi connectivity index (χ3n) is 4.67. The number of rotatable bonds is 5. The first kappa shape index (κ1) is 22.8. The van der Waals surface area contributed by atoms with Crippen molar-refractivity contribution in [1.29, 1.82) is 5.41 Å². The molecule has 0 spiro atoms. The molecule has 0 radical (unpaired) electrons. The standard InChI is InChI=1S/C21H18F4N6O/c1-10-8-16(21(23,24)25)29-15-9-28-19(31-18(10)15)12-4-5-13(11(2)17(12)22)30-20(32)14(27-3)6-7-26/h4-9,26-27H,1-3H3,(H,30,32)/b14-6-,26-7?. The number of amides is 1. The van der Waals surface area contributed by atoms with E-state index in [4.69, 9.17) is 5.41 Å². The molecule has 11 heteroatoms. The minimum absolute atomic E-state index is 0.0190. The summed E-state index contributed by atoms with van der Waals surface area (Å²) in [5, 5.41) is 12.3. The maximum Gasteiger partial charge on any atom is 0.433 e. The Morgan fingerprint density at radius 2 is 1.91 bits per heavy atom. The van der Waals surface area contributed by atoms with Crippen LogP contribution in [0.5, 0.6) is 0 Å². The molecule has 3 aromatic rings. The number of hydrogen-bond acceptors (Lipinski definition) is 6. The smallest absolute Gasteiger partial charge is 0.384 e. The summed E-state index contributed by atoms with van der Waals surface area (Å²) >= 11 is 0. The van der Waals surface area contributed by atoms with Crippen molar-refractivity contribution in [1.82, 2.24) is 20.3 Å². The first-order valence-corrected chi connectivity index (χ1v) is 9.27. The van der Waals surface area contributed by atoms with Crippen molar-refractivity contribution in [2.24, 2.45) is 0 Å². The van der Waals surface area contributed by atoms with Gasteiger partial charge in [-0.1, -0.05) is 0 Å². The minimum atomic E-state index is -4.61. The summed E-state index contributed by atoms with van der Waals surface area (Å²) in [5.41, 5.74) is -0.257. The number of halogens is 4. The number of fused-ring (bicyclic) bond motifs is 1. The lowest BCUT2D eigenvalue weighted by molar-refractivity contribution is -0.141. The molecule has 0 saturated heterocycles. The van der Waals surface area contributed by atoms with E-state index in [-0.39, 0.29) is 44.9 Å². The molecule has 0 saturated carbocycles. The summed E-state index contributed by atoms with van der Waals surface area (Å²) in [7, 11) is 1.51. The van der Waals surface area contributed by atoms with Crippen molar-refractivity contribution in [3.8, 4) is 11.4 Å². The quantitative estimate of drug-likeness (QED) is 0.310. The Hall–Kier alpha value is -3.89. The predicted molar refractivity (Wildman–Crippen MR) is 112 cm³/mol. The molecule has 0 unspecified atom stereocenters. The molecule has 0 aliphatic heterocycles. The number of likely N-dealkylation sites (N-methyl/N-ethyl adjacent to an activating group) is 1. The second kappa shape index (κ2) is 8.69. The summed E-state index contributed by atoms with van der Waals surface area (Å²) in [6.45, 7) is 2.91. The van der Waals surface area contributed by atoms with E-state index in [1.165, 1.54) is 39.1 Å². The summed E-state index contributed by atoms with van der Waals surface area (Å²) in [6.07, 6.45) is -1.31. The number of aromatic nitrogens is 3. The molecule has 0 aliphatic carbocycles. The van der Waals surface area contributed by atoms with Crippen molar-refractivity contribution in [3.63, 3.8) is 0 Å². The lowest BCUT2D eigenvalue weighted by Gasteiger charge is -2.13. The van der Waals surface area contributed by atoms with Crippen LogP contribution in [0.1, 0.15) is 16.8 Å². The molecule has 2 heterocycles. The van der Waals surface area contributed by atoms with Crippen molar-refractivity contribution < 1.29 is 22.4 Å². The molecule has 0 bridgehead atoms. The molecule has 1 aromatic carbocycles. The fraction of sp³-hybridized carbons (Fsp3) is 0.190. The molecule has 3 N–H and O–H groups in total. The minimum Gasteiger partial charge on any atom is -0.384 e. The van der Waals surface area contributed by atoms with Crippen LogP contribution in [-0.4, -0.2) is 34.1 Å². The van der Waals surface area contributed by atoms with Crippen LogP contribution in [0.4, 0.5) is 23.2 Å². The van der Waals surface area contributed by atoms with Crippen LogP contribution >= 0.6 is 0 Å². The zero-order valence-electron chi connectivity index (χ0n) is 17.2. The number of anilines is 1. The van der Waals surface area contributed by atoms with Crippen molar-refractivity contribution in [2.45, 2.75) is 20.0 Å². The van der Waals surface area contributed by atoms with E-state index in [9.17, 15) is 18.0 Å². The number of nitrogens with zero attached hydrogens (tertiary/aromatic N) is 3. The zero-order valence-corrected chi connectivity index (χ0v) is 17.2. The maximum absolute atomic E-state index is 15.1. The van der Waals surface area contributed by atoms with Crippen molar-refractivity contribution in [3.05, 3.63) is 58.8 Å². The Morgan fingerprint density at radius 1 is 1.19 bits per heavy atom. The van der Waals surface area contributed by atoms with Gasteiger partial charge in [-0.3, -0.25) is 4.79 Å². The van der Waals surface area contributed by atoms with Crippen molar-refractivity contribution >= 4 is 28.8 Å². The number of aryl methyl sites for hydroxylation is 1. The average Bonchev–Trinajstić information content (AvgIpc) is 2.74. The molecular weight excluding hydrogens is 428 g/mol. The van der Waals surface area contributed by atoms with Crippen LogP contribution in [0.15, 0.2) is 36.2 Å². The Labute approximate surface area is 180 Å². The van der Waals surface area contributed by atoms with Crippen LogP contribution in [0.2, 0.25) is 0 Å². The molecule has 0 aliphatic rings. The molecule has 7 nitrogen and oxygen atoms in total. The number of hydrogen-bond donors (Lipinski definition) is 3. The molecule has 2 aromatic heterocycles. The predicted octanol–water partition coefficient (Wildman–Crippen LogP) is 4.16. The largest absolute Gasteiger partial charge is 0.433 e. The molecule has 3 rings (SSSR count). The highest BCUT2D eigenvalue weighted by atomic mass is 19.4. The van der Waals surface area contributed by atoms with Gasteiger partial charge in [0.25, 0.3) is 5.91 Å². The molecule has 32 heavy (non-hydrogen) atoms. The Bertz CT molecular complexity index is 1250. The molecule has 1 amide bonds. The van der Waals surface area contributed by atoms with Gasteiger partial charge in [-0.15, -0.1) is 0 Å². The maximum atomic E-state index is 15.1. The van der Waals surface area contributed by atoms with E-state index >= 15 is 4.39 Å². The van der Waals surface area contributed by atoms with Crippen LogP contribution < -0.4 is 10.6 Å². The average molecular weight is 446 g/mol. The lowest BCUT2D eigenvalue weighted by Crippen LogP contribution is -2.23. The zero-order chi connectivity index (χ0) is 23.6. The summed E-state index contributed by atoms with van der Waals surface area (Å²) in [5.74, 6) is -1.28. The number of alkyl halides is 3. The van der Waals surface area contributed by atoms with E-state index in [0.29, 0.717) is 0 Å². The Morgan fingerprint density at radius 3 is 2.53 bits per heavy atom. The molecule has 0 fully saturated rings. The fourth-order valence-corrected chi connectivity index (χ4v) is 3.00. The molecule has 166 valence electrons. The number of pyridine rings is 1. The summed E-state index contributed by atoms with van der Waals surface area (Å²) in [6, 6.07) is 3.71. The third-order valence-corrected chi connectivity index (χ3v) is 4.67. The second-order valence-corrected chi connectivity index (χ2v) is 6.80. The van der Waals surface area contributed by atoms with E-state index in [1.54, 1.807) is 0 Å². The first-order valence-electron chi connectivity index (χ1n) is 9.27. The van der Waals surface area contributed by atoms with Gasteiger partial charge in [0, 0.05) is 24.5 Å². The Balaban J connectivity index is 2.01. The van der Waals surface area contributed by atoms with E-state index in [0.717, 1.165) is 18.5 Å². The highest BCUT2D eigenvalue weighted by Crippen LogP contribution is 2.32. The third kappa shape index (κ3) is 4.41. The van der Waals surface area contributed by atoms with E-state index in [2.05, 4.69) is 25.6 Å². The highest BCUT2D eigenvalue weighted by molar-refractivity contribution is 6.05. The topological polar surface area (TPSA) is 104 Å². The number of carbonyl (C=O) groups excluding carboxylic acids is 1. The van der Waals surface area contributed by atoms with Gasteiger partial charge >= 0.3 is 6.18 Å². The second-order valence-electron chi connectivity index (χ2n) is 6.80. The number of allylic oxidation sites excluding steroid dienone is 1. The van der Waals surface area contributed by atoms with Gasteiger partial charge in [0.05, 0.1) is 17.3 Å². The molecule has 0 atom stereocenters. The van der Waals surface area contributed by atoms with Crippen LogP contribution in [0.3, 0.4) is 0 Å². The van der Waals surface area contributed by atoms with Gasteiger partial charge in [0.15, 0.2) is 5.82 Å². The highest BCUT2D eigenvalue weighted by Gasteiger charge is 2.33. The summed E-state index contributed by atoms with van der Waals surface area (Å²) < 4.78 is 54.0. The lowest BCUT2D eigenvalue weighted by atomic mass is 10.1. The normalized spacial score (nSPS) is 12.0. The number of carbonyl (C=O) groups is 1. The number of nitrogens with one attached hydrogen (secondary N) is 3. The van der Waals surface area contributed by atoms with E-state index < -0.39 is 23.6 Å².